The van der Waals surface area contributed by atoms with Crippen molar-refractivity contribution < 1.29 is 19.1 Å². The lowest BCUT2D eigenvalue weighted by molar-refractivity contribution is -0.114. The number of ether oxygens (including phenoxy) is 2. The van der Waals surface area contributed by atoms with Crippen molar-refractivity contribution in [2.24, 2.45) is 0 Å². The largest absolute Gasteiger partial charge is 0.497 e. The molecule has 0 saturated heterocycles. The zero-order valence-corrected chi connectivity index (χ0v) is 16.7. The van der Waals surface area contributed by atoms with Crippen LogP contribution in [0.2, 0.25) is 0 Å². The van der Waals surface area contributed by atoms with E-state index in [4.69, 9.17) is 9.47 Å². The topological polar surface area (TPSA) is 88.7 Å². The van der Waals surface area contributed by atoms with Gasteiger partial charge in [0.1, 0.15) is 11.5 Å². The van der Waals surface area contributed by atoms with Gasteiger partial charge in [-0.1, -0.05) is 6.92 Å². The Kier molecular flexibility index (Phi) is 7.68. The first-order valence-electron chi connectivity index (χ1n) is 9.13. The quantitative estimate of drug-likeness (QED) is 0.616. The summed E-state index contributed by atoms with van der Waals surface area (Å²) in [5.41, 5.74) is 1.86. The van der Waals surface area contributed by atoms with E-state index in [1.807, 2.05) is 13.8 Å². The molecule has 3 N–H and O–H groups in total. The van der Waals surface area contributed by atoms with Crippen LogP contribution in [0.3, 0.4) is 0 Å². The van der Waals surface area contributed by atoms with Gasteiger partial charge in [-0.2, -0.15) is 0 Å². The van der Waals surface area contributed by atoms with Crippen LogP contribution in [0.4, 0.5) is 11.4 Å². The molecule has 1 atom stereocenters. The highest BCUT2D eigenvalue weighted by Gasteiger charge is 2.10. The van der Waals surface area contributed by atoms with E-state index < -0.39 is 0 Å². The smallest absolute Gasteiger partial charge is 0.251 e. The van der Waals surface area contributed by atoms with E-state index in [1.54, 1.807) is 49.6 Å². The maximum absolute atomic E-state index is 12.2. The summed E-state index contributed by atoms with van der Waals surface area (Å²) in [6.45, 7) is 4.05. The van der Waals surface area contributed by atoms with Crippen molar-refractivity contribution in [3.8, 4) is 11.5 Å². The van der Waals surface area contributed by atoms with Crippen LogP contribution in [0, 0.1) is 0 Å². The molecule has 7 heteroatoms. The van der Waals surface area contributed by atoms with Crippen molar-refractivity contribution >= 4 is 23.2 Å². The zero-order valence-electron chi connectivity index (χ0n) is 16.7. The zero-order chi connectivity index (χ0) is 20.5. The Hall–Kier alpha value is -3.22. The molecule has 0 aromatic heterocycles. The van der Waals surface area contributed by atoms with E-state index in [0.29, 0.717) is 22.7 Å². The van der Waals surface area contributed by atoms with Crippen molar-refractivity contribution in [1.82, 2.24) is 5.32 Å². The Morgan fingerprint density at radius 2 is 1.75 bits per heavy atom. The summed E-state index contributed by atoms with van der Waals surface area (Å²) in [6.07, 6.45) is 0.874. The van der Waals surface area contributed by atoms with Crippen LogP contribution in [0.15, 0.2) is 42.5 Å². The fraction of sp³-hybridized carbons (Fsp3) is 0.333. The number of carbonyl (C=O) groups excluding carboxylic acids is 2. The van der Waals surface area contributed by atoms with Gasteiger partial charge in [0.2, 0.25) is 5.91 Å². The molecule has 150 valence electrons. The normalized spacial score (nSPS) is 11.3. The Labute approximate surface area is 165 Å². The summed E-state index contributed by atoms with van der Waals surface area (Å²) < 4.78 is 10.4. The molecular formula is C21H27N3O4. The molecule has 0 aliphatic heterocycles. The predicted molar refractivity (Wildman–Crippen MR) is 110 cm³/mol. The SMILES string of the molecule is CCC(C)NC(=O)c1ccc(NCC(=O)Nc2cc(OC)ccc2OC)cc1. The number of hydrogen-bond donors (Lipinski definition) is 3. The fourth-order valence-electron chi connectivity index (χ4n) is 2.44. The van der Waals surface area contributed by atoms with Crippen molar-refractivity contribution in [3.63, 3.8) is 0 Å². The maximum Gasteiger partial charge on any atom is 0.251 e. The number of nitrogens with one attached hydrogen (secondary N) is 3. The average molecular weight is 385 g/mol. The van der Waals surface area contributed by atoms with Crippen LogP contribution in [0.1, 0.15) is 30.6 Å². The first-order chi connectivity index (χ1) is 13.5. The van der Waals surface area contributed by atoms with Gasteiger partial charge >= 0.3 is 0 Å². The summed E-state index contributed by atoms with van der Waals surface area (Å²) >= 11 is 0. The number of rotatable bonds is 9. The highest BCUT2D eigenvalue weighted by molar-refractivity contribution is 5.96. The van der Waals surface area contributed by atoms with Crippen LogP contribution >= 0.6 is 0 Å². The molecule has 0 aliphatic rings. The van der Waals surface area contributed by atoms with Crippen LogP contribution in [-0.2, 0) is 4.79 Å². The van der Waals surface area contributed by atoms with Gasteiger partial charge in [-0.05, 0) is 49.7 Å². The van der Waals surface area contributed by atoms with Gasteiger partial charge in [-0.25, -0.2) is 0 Å². The molecule has 0 saturated carbocycles. The minimum atomic E-state index is -0.231. The van der Waals surface area contributed by atoms with Gasteiger partial charge < -0.3 is 25.4 Å². The third-order valence-electron chi connectivity index (χ3n) is 4.27. The summed E-state index contributed by atoms with van der Waals surface area (Å²) in [6, 6.07) is 12.3. The van der Waals surface area contributed by atoms with Gasteiger partial charge in [0.15, 0.2) is 0 Å². The third kappa shape index (κ3) is 5.90. The Morgan fingerprint density at radius 1 is 1.04 bits per heavy atom. The third-order valence-corrected chi connectivity index (χ3v) is 4.27. The van der Waals surface area contributed by atoms with E-state index in [9.17, 15) is 9.59 Å². The minimum Gasteiger partial charge on any atom is -0.497 e. The predicted octanol–water partition coefficient (Wildman–Crippen LogP) is 3.28. The second kappa shape index (κ2) is 10.2. The molecule has 2 rings (SSSR count). The van der Waals surface area contributed by atoms with Crippen molar-refractivity contribution in [3.05, 3.63) is 48.0 Å². The molecule has 0 heterocycles. The Morgan fingerprint density at radius 3 is 2.36 bits per heavy atom. The Bertz CT molecular complexity index is 806. The molecule has 0 aliphatic carbocycles. The highest BCUT2D eigenvalue weighted by atomic mass is 16.5. The maximum atomic E-state index is 12.2. The van der Waals surface area contributed by atoms with Gasteiger partial charge in [0.05, 0.1) is 26.5 Å². The van der Waals surface area contributed by atoms with Crippen molar-refractivity contribution in [1.29, 1.82) is 0 Å². The molecule has 0 spiro atoms. The molecule has 2 amide bonds. The van der Waals surface area contributed by atoms with Crippen LogP contribution in [0.25, 0.3) is 0 Å². The van der Waals surface area contributed by atoms with Crippen LogP contribution in [0.5, 0.6) is 11.5 Å². The van der Waals surface area contributed by atoms with Crippen molar-refractivity contribution in [2.45, 2.75) is 26.3 Å². The van der Waals surface area contributed by atoms with E-state index in [0.717, 1.165) is 12.1 Å². The number of methoxy groups -OCH3 is 2. The highest BCUT2D eigenvalue weighted by Crippen LogP contribution is 2.28. The van der Waals surface area contributed by atoms with E-state index in [1.165, 1.54) is 7.11 Å². The van der Waals surface area contributed by atoms with Gasteiger partial charge in [0.25, 0.3) is 5.91 Å². The number of benzene rings is 2. The lowest BCUT2D eigenvalue weighted by Crippen LogP contribution is -2.31. The lowest BCUT2D eigenvalue weighted by Gasteiger charge is -2.13. The van der Waals surface area contributed by atoms with Crippen LogP contribution < -0.4 is 25.4 Å². The molecule has 2 aromatic carbocycles. The van der Waals surface area contributed by atoms with Gasteiger partial charge in [-0.15, -0.1) is 0 Å². The number of hydrogen-bond acceptors (Lipinski definition) is 5. The molecule has 1 unspecified atom stereocenters. The first kappa shape index (κ1) is 21.1. The molecular weight excluding hydrogens is 358 g/mol. The molecule has 0 radical (unpaired) electrons. The number of anilines is 2. The summed E-state index contributed by atoms with van der Waals surface area (Å²) in [5.74, 6) is 0.829. The second-order valence-electron chi connectivity index (χ2n) is 6.33. The van der Waals surface area contributed by atoms with E-state index >= 15 is 0 Å². The van der Waals surface area contributed by atoms with Gasteiger partial charge in [-0.3, -0.25) is 9.59 Å². The molecule has 2 aromatic rings. The summed E-state index contributed by atoms with van der Waals surface area (Å²) in [7, 11) is 3.09. The molecule has 7 nitrogen and oxygen atoms in total. The van der Waals surface area contributed by atoms with E-state index in [-0.39, 0.29) is 24.4 Å². The fourth-order valence-corrected chi connectivity index (χ4v) is 2.44. The summed E-state index contributed by atoms with van der Waals surface area (Å²) in [4.78, 5) is 24.3. The average Bonchev–Trinajstić information content (AvgIpc) is 2.72. The number of carbonyl (C=O) groups is 2. The number of amides is 2. The Balaban J connectivity index is 1.92. The molecule has 0 fully saturated rings. The molecule has 0 bridgehead atoms. The van der Waals surface area contributed by atoms with E-state index in [2.05, 4.69) is 16.0 Å². The van der Waals surface area contributed by atoms with Gasteiger partial charge in [0, 0.05) is 23.4 Å². The second-order valence-corrected chi connectivity index (χ2v) is 6.33. The minimum absolute atomic E-state index is 0.0682. The molecule has 28 heavy (non-hydrogen) atoms. The lowest BCUT2D eigenvalue weighted by atomic mass is 10.1. The monoisotopic (exact) mass is 385 g/mol. The van der Waals surface area contributed by atoms with Crippen molar-refractivity contribution in [2.75, 3.05) is 31.4 Å². The standard InChI is InChI=1S/C21H27N3O4/c1-5-14(2)23-21(26)15-6-8-16(9-7-15)22-13-20(25)24-18-12-17(27-3)10-11-19(18)28-4/h6-12,14,22H,5,13H2,1-4H3,(H,23,26)(H,24,25). The van der Waals surface area contributed by atoms with Crippen LogP contribution in [-0.4, -0.2) is 38.6 Å². The summed E-state index contributed by atoms with van der Waals surface area (Å²) in [5, 5.41) is 8.74. The first-order valence-corrected chi connectivity index (χ1v) is 9.13.